The Morgan fingerprint density at radius 2 is 2.28 bits per heavy atom. The molecule has 1 aromatic heterocycles. The molecule has 1 aliphatic rings. The van der Waals surface area contributed by atoms with Crippen molar-refractivity contribution in [2.45, 2.75) is 31.9 Å². The van der Waals surface area contributed by atoms with E-state index in [1.54, 1.807) is 19.4 Å². The Hall–Kier alpha value is -1.62. The zero-order valence-electron chi connectivity index (χ0n) is 10.8. The first-order chi connectivity index (χ1) is 8.72. The number of ether oxygens (including phenoxy) is 1. The summed E-state index contributed by atoms with van der Waals surface area (Å²) in [6, 6.07) is 3.83. The van der Waals surface area contributed by atoms with Gasteiger partial charge in [-0.25, -0.2) is 4.98 Å². The number of carbonyl (C=O) groups excluding carboxylic acids is 1. The molecule has 1 fully saturated rings. The van der Waals surface area contributed by atoms with Crippen LogP contribution >= 0.6 is 0 Å². The van der Waals surface area contributed by atoms with Crippen molar-refractivity contribution in [3.8, 4) is 0 Å². The smallest absolute Gasteiger partial charge is 0.253 e. The van der Waals surface area contributed by atoms with Gasteiger partial charge in [-0.3, -0.25) is 4.79 Å². The van der Waals surface area contributed by atoms with Crippen molar-refractivity contribution in [1.82, 2.24) is 10.3 Å². The Bertz CT molecular complexity index is 399. The molecule has 0 spiro atoms. The van der Waals surface area contributed by atoms with Crippen LogP contribution in [-0.2, 0) is 4.74 Å². The van der Waals surface area contributed by atoms with Crippen LogP contribution in [-0.4, -0.2) is 36.7 Å². The summed E-state index contributed by atoms with van der Waals surface area (Å²) in [5.74, 6) is 0.724. The first-order valence-corrected chi connectivity index (χ1v) is 6.26. The molecular weight excluding hydrogens is 230 g/mol. The topological polar surface area (TPSA) is 63.2 Å². The van der Waals surface area contributed by atoms with Gasteiger partial charge in [0.05, 0.1) is 11.7 Å². The van der Waals surface area contributed by atoms with E-state index >= 15 is 0 Å². The number of nitrogens with one attached hydrogen (secondary N) is 2. The summed E-state index contributed by atoms with van der Waals surface area (Å²) in [6.07, 6.45) is 3.68. The Morgan fingerprint density at radius 3 is 2.83 bits per heavy atom. The zero-order valence-corrected chi connectivity index (χ0v) is 10.8. The summed E-state index contributed by atoms with van der Waals surface area (Å²) in [7, 11) is 1.70. The van der Waals surface area contributed by atoms with Crippen molar-refractivity contribution in [2.75, 3.05) is 19.0 Å². The Kier molecular flexibility index (Phi) is 4.15. The molecule has 0 unspecified atom stereocenters. The van der Waals surface area contributed by atoms with Crippen LogP contribution in [0.15, 0.2) is 18.3 Å². The molecule has 2 N–H and O–H groups in total. The van der Waals surface area contributed by atoms with Gasteiger partial charge in [0.15, 0.2) is 0 Å². The van der Waals surface area contributed by atoms with E-state index in [1.807, 2.05) is 13.0 Å². The fraction of sp³-hybridized carbons (Fsp3) is 0.538. The average Bonchev–Trinajstić information content (AvgIpc) is 2.34. The van der Waals surface area contributed by atoms with E-state index in [0.717, 1.165) is 25.2 Å². The maximum absolute atomic E-state index is 11.9. The van der Waals surface area contributed by atoms with E-state index in [4.69, 9.17) is 4.74 Å². The second-order valence-corrected chi connectivity index (χ2v) is 4.46. The van der Waals surface area contributed by atoms with Gasteiger partial charge in [-0.15, -0.1) is 0 Å². The van der Waals surface area contributed by atoms with Gasteiger partial charge in [-0.2, -0.15) is 0 Å². The van der Waals surface area contributed by atoms with E-state index in [0.29, 0.717) is 11.7 Å². The van der Waals surface area contributed by atoms with Crippen LogP contribution in [0, 0.1) is 0 Å². The molecule has 98 valence electrons. The highest BCUT2D eigenvalue weighted by Gasteiger charge is 2.30. The number of amides is 1. The van der Waals surface area contributed by atoms with Gasteiger partial charge < -0.3 is 15.4 Å². The highest BCUT2D eigenvalue weighted by Crippen LogP contribution is 2.22. The minimum Gasteiger partial charge on any atom is -0.381 e. The molecule has 1 aromatic rings. The standard InChI is InChI=1S/C13H19N3O2/c1-3-14-12-5-4-9(8-15-12)13(17)16-10-6-11(7-10)18-2/h4-5,8,10-11H,3,6-7H2,1-2H3,(H,14,15)(H,16,17). The van der Waals surface area contributed by atoms with Crippen molar-refractivity contribution in [1.29, 1.82) is 0 Å². The Balaban J connectivity index is 1.85. The van der Waals surface area contributed by atoms with Crippen LogP contribution in [0.5, 0.6) is 0 Å². The van der Waals surface area contributed by atoms with Gasteiger partial charge in [0.2, 0.25) is 0 Å². The number of anilines is 1. The monoisotopic (exact) mass is 249 g/mol. The zero-order chi connectivity index (χ0) is 13.0. The predicted octanol–water partition coefficient (Wildman–Crippen LogP) is 1.42. The van der Waals surface area contributed by atoms with Crippen molar-refractivity contribution in [3.05, 3.63) is 23.9 Å². The summed E-state index contributed by atoms with van der Waals surface area (Å²) in [4.78, 5) is 16.1. The van der Waals surface area contributed by atoms with Gasteiger partial charge in [-0.1, -0.05) is 0 Å². The minimum absolute atomic E-state index is 0.0647. The first kappa shape index (κ1) is 12.8. The quantitative estimate of drug-likeness (QED) is 0.828. The largest absolute Gasteiger partial charge is 0.381 e. The molecule has 1 saturated carbocycles. The molecule has 1 aliphatic carbocycles. The number of nitrogens with zero attached hydrogens (tertiary/aromatic N) is 1. The van der Waals surface area contributed by atoms with Crippen molar-refractivity contribution >= 4 is 11.7 Å². The molecule has 0 atom stereocenters. The maximum atomic E-state index is 11.9. The summed E-state index contributed by atoms with van der Waals surface area (Å²) in [6.45, 7) is 2.82. The van der Waals surface area contributed by atoms with Gasteiger partial charge in [0, 0.05) is 25.9 Å². The molecule has 0 saturated heterocycles. The van der Waals surface area contributed by atoms with Crippen molar-refractivity contribution < 1.29 is 9.53 Å². The molecule has 5 nitrogen and oxygen atoms in total. The number of aromatic nitrogens is 1. The lowest BCUT2D eigenvalue weighted by atomic mass is 9.89. The number of rotatable bonds is 5. The SMILES string of the molecule is CCNc1ccc(C(=O)NC2CC(OC)C2)cn1. The minimum atomic E-state index is -0.0647. The van der Waals surface area contributed by atoms with Gasteiger partial charge in [0.25, 0.3) is 5.91 Å². The van der Waals surface area contributed by atoms with Gasteiger partial charge in [-0.05, 0) is 31.9 Å². The fourth-order valence-electron chi connectivity index (χ4n) is 1.96. The summed E-state index contributed by atoms with van der Waals surface area (Å²) in [5, 5.41) is 6.06. The average molecular weight is 249 g/mol. The third-order valence-electron chi connectivity index (χ3n) is 3.15. The number of hydrogen-bond donors (Lipinski definition) is 2. The number of carbonyl (C=O) groups is 1. The van der Waals surface area contributed by atoms with Crippen LogP contribution < -0.4 is 10.6 Å². The normalized spacial score (nSPS) is 22.1. The summed E-state index contributed by atoms with van der Waals surface area (Å²) in [5.41, 5.74) is 0.595. The van der Waals surface area contributed by atoms with Crippen LogP contribution in [0.25, 0.3) is 0 Å². The molecule has 0 aromatic carbocycles. The Labute approximate surface area is 107 Å². The third kappa shape index (κ3) is 2.98. The van der Waals surface area contributed by atoms with Crippen molar-refractivity contribution in [2.24, 2.45) is 0 Å². The summed E-state index contributed by atoms with van der Waals surface area (Å²) >= 11 is 0. The van der Waals surface area contributed by atoms with Crippen LogP contribution in [0.3, 0.4) is 0 Å². The second kappa shape index (κ2) is 5.82. The molecule has 0 aliphatic heterocycles. The lowest BCUT2D eigenvalue weighted by molar-refractivity contribution is 0.0176. The van der Waals surface area contributed by atoms with Gasteiger partial charge >= 0.3 is 0 Å². The molecule has 2 rings (SSSR count). The van der Waals surface area contributed by atoms with Crippen LogP contribution in [0.2, 0.25) is 0 Å². The highest BCUT2D eigenvalue weighted by atomic mass is 16.5. The third-order valence-corrected chi connectivity index (χ3v) is 3.15. The van der Waals surface area contributed by atoms with E-state index in [1.165, 1.54) is 0 Å². The number of pyridine rings is 1. The van der Waals surface area contributed by atoms with Gasteiger partial charge in [0.1, 0.15) is 5.82 Å². The molecular formula is C13H19N3O2. The van der Waals surface area contributed by atoms with Crippen LogP contribution in [0.4, 0.5) is 5.82 Å². The highest BCUT2D eigenvalue weighted by molar-refractivity contribution is 5.94. The maximum Gasteiger partial charge on any atom is 0.253 e. The number of hydrogen-bond acceptors (Lipinski definition) is 4. The molecule has 1 amide bonds. The predicted molar refractivity (Wildman–Crippen MR) is 69.7 cm³/mol. The van der Waals surface area contributed by atoms with E-state index in [9.17, 15) is 4.79 Å². The molecule has 5 heteroatoms. The van der Waals surface area contributed by atoms with E-state index in [2.05, 4.69) is 15.6 Å². The molecule has 0 bridgehead atoms. The first-order valence-electron chi connectivity index (χ1n) is 6.26. The van der Waals surface area contributed by atoms with Crippen LogP contribution in [0.1, 0.15) is 30.1 Å². The van der Waals surface area contributed by atoms with Crippen molar-refractivity contribution in [3.63, 3.8) is 0 Å². The fourth-order valence-corrected chi connectivity index (χ4v) is 1.96. The molecule has 1 heterocycles. The number of methoxy groups -OCH3 is 1. The Morgan fingerprint density at radius 1 is 1.50 bits per heavy atom. The summed E-state index contributed by atoms with van der Waals surface area (Å²) < 4.78 is 5.17. The second-order valence-electron chi connectivity index (χ2n) is 4.46. The van der Waals surface area contributed by atoms with E-state index < -0.39 is 0 Å². The molecule has 18 heavy (non-hydrogen) atoms. The lowest BCUT2D eigenvalue weighted by Crippen LogP contribution is -2.47. The van der Waals surface area contributed by atoms with E-state index in [-0.39, 0.29) is 11.9 Å². The lowest BCUT2D eigenvalue weighted by Gasteiger charge is -2.34. The molecule has 0 radical (unpaired) electrons.